The van der Waals surface area contributed by atoms with E-state index in [1.54, 1.807) is 41.5 Å². The Bertz CT molecular complexity index is 492. The van der Waals surface area contributed by atoms with E-state index in [4.69, 9.17) is 23.2 Å². The molecule has 2 rings (SSSR count). The second-order valence-electron chi connectivity index (χ2n) is 3.04. The number of benzene rings is 1. The zero-order valence-electron chi connectivity index (χ0n) is 8.23. The molecular weight excluding hydrogens is 266 g/mol. The lowest BCUT2D eigenvalue weighted by molar-refractivity contribution is 1.09. The van der Waals surface area contributed by atoms with E-state index < -0.39 is 0 Å². The Morgan fingerprint density at radius 3 is 2.69 bits per heavy atom. The predicted octanol–water partition coefficient (Wildman–Crippen LogP) is 4.13. The smallest absolute Gasteiger partial charge is 0.0991 e. The van der Waals surface area contributed by atoms with Crippen LogP contribution in [0.1, 0.15) is 5.56 Å². The maximum atomic E-state index is 6.05. The minimum Gasteiger partial charge on any atom is -0.306 e. The van der Waals surface area contributed by atoms with E-state index in [0.717, 1.165) is 11.3 Å². The van der Waals surface area contributed by atoms with Crippen molar-refractivity contribution in [1.82, 2.24) is 9.55 Å². The quantitative estimate of drug-likeness (QED) is 0.806. The molecule has 5 heteroatoms. The van der Waals surface area contributed by atoms with Gasteiger partial charge in [0.15, 0.2) is 0 Å². The molecule has 84 valence electrons. The van der Waals surface area contributed by atoms with Crippen molar-refractivity contribution < 1.29 is 0 Å². The van der Waals surface area contributed by atoms with Crippen LogP contribution in [-0.2, 0) is 0 Å². The van der Waals surface area contributed by atoms with Gasteiger partial charge in [0.1, 0.15) is 0 Å². The van der Waals surface area contributed by atoms with Crippen molar-refractivity contribution in [2.75, 3.05) is 0 Å². The van der Waals surface area contributed by atoms with Crippen molar-refractivity contribution in [1.29, 1.82) is 0 Å². The van der Waals surface area contributed by atoms with Gasteiger partial charge in [-0.1, -0.05) is 29.8 Å². The standard InChI is InChI=1S/C11H8Cl2N2.ClH/c1-8(15-5-4-14-7-15)10-6-9(12)2-3-11(10)13;/h2-7H,1H2;1H. The molecule has 2 nitrogen and oxygen atoms in total. The van der Waals surface area contributed by atoms with Gasteiger partial charge in [-0.3, -0.25) is 0 Å². The third-order valence-electron chi connectivity index (χ3n) is 2.06. The van der Waals surface area contributed by atoms with Crippen LogP contribution in [0.2, 0.25) is 10.0 Å². The van der Waals surface area contributed by atoms with Gasteiger partial charge in [-0.2, -0.15) is 0 Å². The van der Waals surface area contributed by atoms with E-state index >= 15 is 0 Å². The number of aromatic nitrogens is 2. The molecule has 0 bridgehead atoms. The van der Waals surface area contributed by atoms with Crippen LogP contribution in [-0.4, -0.2) is 9.55 Å². The first-order chi connectivity index (χ1) is 7.18. The molecule has 0 saturated carbocycles. The molecule has 0 aliphatic carbocycles. The molecule has 0 aliphatic heterocycles. The van der Waals surface area contributed by atoms with Gasteiger partial charge in [-0.05, 0) is 18.2 Å². The molecule has 16 heavy (non-hydrogen) atoms. The molecule has 0 amide bonds. The number of halogens is 3. The topological polar surface area (TPSA) is 17.8 Å². The van der Waals surface area contributed by atoms with Gasteiger partial charge in [0.25, 0.3) is 0 Å². The van der Waals surface area contributed by atoms with Gasteiger partial charge in [0.2, 0.25) is 0 Å². The number of imidazole rings is 1. The van der Waals surface area contributed by atoms with Crippen LogP contribution in [0.15, 0.2) is 43.5 Å². The van der Waals surface area contributed by atoms with E-state index in [0.29, 0.717) is 10.0 Å². The molecule has 0 atom stereocenters. The lowest BCUT2D eigenvalue weighted by Crippen LogP contribution is -1.95. The normalized spacial score (nSPS) is 9.62. The summed E-state index contributed by atoms with van der Waals surface area (Å²) < 4.78 is 1.79. The van der Waals surface area contributed by atoms with Crippen molar-refractivity contribution in [3.05, 3.63) is 59.1 Å². The predicted molar refractivity (Wildman–Crippen MR) is 70.4 cm³/mol. The van der Waals surface area contributed by atoms with Crippen molar-refractivity contribution >= 4 is 41.3 Å². The third kappa shape index (κ3) is 2.59. The summed E-state index contributed by atoms with van der Waals surface area (Å²) in [5.41, 5.74) is 1.56. The molecule has 0 fully saturated rings. The Labute approximate surface area is 110 Å². The van der Waals surface area contributed by atoms with Crippen molar-refractivity contribution in [2.24, 2.45) is 0 Å². The zero-order valence-corrected chi connectivity index (χ0v) is 10.6. The first kappa shape index (κ1) is 13.1. The average molecular weight is 276 g/mol. The number of rotatable bonds is 2. The summed E-state index contributed by atoms with van der Waals surface area (Å²) in [7, 11) is 0. The number of hydrogen-bond donors (Lipinski definition) is 0. The van der Waals surface area contributed by atoms with Gasteiger partial charge in [0, 0.05) is 33.7 Å². The second kappa shape index (κ2) is 5.39. The summed E-state index contributed by atoms with van der Waals surface area (Å²) in [6.07, 6.45) is 5.16. The minimum atomic E-state index is 0. The Morgan fingerprint density at radius 1 is 1.31 bits per heavy atom. The highest BCUT2D eigenvalue weighted by atomic mass is 35.5. The fraction of sp³-hybridized carbons (Fsp3) is 0. The van der Waals surface area contributed by atoms with Gasteiger partial charge < -0.3 is 4.57 Å². The van der Waals surface area contributed by atoms with Gasteiger partial charge in [-0.25, -0.2) is 4.98 Å². The molecule has 1 aromatic carbocycles. The van der Waals surface area contributed by atoms with Gasteiger partial charge >= 0.3 is 0 Å². The third-order valence-corrected chi connectivity index (χ3v) is 2.62. The van der Waals surface area contributed by atoms with Gasteiger partial charge in [-0.15, -0.1) is 12.4 Å². The maximum absolute atomic E-state index is 6.05. The fourth-order valence-electron chi connectivity index (χ4n) is 1.28. The van der Waals surface area contributed by atoms with E-state index in [1.165, 1.54) is 0 Å². The molecule has 0 saturated heterocycles. The Balaban J connectivity index is 0.00000128. The van der Waals surface area contributed by atoms with E-state index in [-0.39, 0.29) is 12.4 Å². The first-order valence-electron chi connectivity index (χ1n) is 4.31. The van der Waals surface area contributed by atoms with Crippen LogP contribution in [0, 0.1) is 0 Å². The Kier molecular flexibility index (Phi) is 4.42. The molecule has 1 aromatic heterocycles. The highest BCUT2D eigenvalue weighted by Crippen LogP contribution is 2.26. The van der Waals surface area contributed by atoms with E-state index in [9.17, 15) is 0 Å². The average Bonchev–Trinajstić information content (AvgIpc) is 2.74. The van der Waals surface area contributed by atoms with Crippen LogP contribution in [0.4, 0.5) is 0 Å². The van der Waals surface area contributed by atoms with Crippen LogP contribution in [0.5, 0.6) is 0 Å². The van der Waals surface area contributed by atoms with Crippen LogP contribution < -0.4 is 0 Å². The number of nitrogens with zero attached hydrogens (tertiary/aromatic N) is 2. The molecule has 2 aromatic rings. The molecule has 0 aliphatic rings. The highest BCUT2D eigenvalue weighted by molar-refractivity contribution is 6.34. The molecule has 0 spiro atoms. The number of hydrogen-bond acceptors (Lipinski definition) is 1. The Hall–Kier alpha value is -0.960. The van der Waals surface area contributed by atoms with Crippen molar-refractivity contribution in [3.63, 3.8) is 0 Å². The minimum absolute atomic E-state index is 0. The van der Waals surface area contributed by atoms with Gasteiger partial charge in [0.05, 0.1) is 6.33 Å². The summed E-state index contributed by atoms with van der Waals surface area (Å²) in [5.74, 6) is 0. The molecular formula is C11H9Cl3N2. The monoisotopic (exact) mass is 274 g/mol. The molecule has 0 radical (unpaired) electrons. The SMILES string of the molecule is C=C(c1cc(Cl)ccc1Cl)n1ccnc1.Cl. The molecule has 1 heterocycles. The summed E-state index contributed by atoms with van der Waals surface area (Å²) in [5, 5.41) is 1.26. The first-order valence-corrected chi connectivity index (χ1v) is 5.07. The molecule has 0 N–H and O–H groups in total. The lowest BCUT2D eigenvalue weighted by Gasteiger charge is -2.08. The fourth-order valence-corrected chi connectivity index (χ4v) is 1.68. The lowest BCUT2D eigenvalue weighted by atomic mass is 10.2. The largest absolute Gasteiger partial charge is 0.306 e. The van der Waals surface area contributed by atoms with Crippen LogP contribution in [0.25, 0.3) is 5.70 Å². The second-order valence-corrected chi connectivity index (χ2v) is 3.88. The van der Waals surface area contributed by atoms with E-state index in [2.05, 4.69) is 11.6 Å². The van der Waals surface area contributed by atoms with Crippen molar-refractivity contribution in [3.8, 4) is 0 Å². The summed E-state index contributed by atoms with van der Waals surface area (Å²) in [6, 6.07) is 5.28. The summed E-state index contributed by atoms with van der Waals surface area (Å²) in [4.78, 5) is 3.95. The zero-order chi connectivity index (χ0) is 10.8. The van der Waals surface area contributed by atoms with Crippen LogP contribution >= 0.6 is 35.6 Å². The van der Waals surface area contributed by atoms with Crippen LogP contribution in [0.3, 0.4) is 0 Å². The maximum Gasteiger partial charge on any atom is 0.0991 e. The van der Waals surface area contributed by atoms with Crippen molar-refractivity contribution in [2.45, 2.75) is 0 Å². The molecule has 0 unspecified atom stereocenters. The summed E-state index contributed by atoms with van der Waals surface area (Å²) in [6.45, 7) is 3.95. The van der Waals surface area contributed by atoms with E-state index in [1.807, 2.05) is 0 Å². The highest BCUT2D eigenvalue weighted by Gasteiger charge is 2.06. The Morgan fingerprint density at radius 2 is 2.06 bits per heavy atom. The summed E-state index contributed by atoms with van der Waals surface area (Å²) >= 11 is 12.0.